The standard InChI is InChI=1S/C20H27N3O2S/c1-15-11-17(3)20(12-16(15)2)26(24,25)22-13-18-6-9-23(10-7-18)19-5-4-8-21-14-19/h4-5,8,11-12,14,18,22H,6-7,9-10,13H2,1-3H3. The maximum absolute atomic E-state index is 12.7. The molecule has 0 aliphatic carbocycles. The predicted molar refractivity (Wildman–Crippen MR) is 105 cm³/mol. The van der Waals surface area contributed by atoms with Gasteiger partial charge in [-0.3, -0.25) is 4.98 Å². The number of benzene rings is 1. The first-order valence-corrected chi connectivity index (χ1v) is 10.6. The van der Waals surface area contributed by atoms with Crippen molar-refractivity contribution < 1.29 is 8.42 Å². The number of nitrogens with one attached hydrogen (secondary N) is 1. The number of hydrogen-bond donors (Lipinski definition) is 1. The summed E-state index contributed by atoms with van der Waals surface area (Å²) in [7, 11) is -3.47. The van der Waals surface area contributed by atoms with Gasteiger partial charge < -0.3 is 4.90 Å². The van der Waals surface area contributed by atoms with Crippen LogP contribution in [0.1, 0.15) is 29.5 Å². The zero-order valence-corrected chi connectivity index (χ0v) is 16.5. The molecule has 6 heteroatoms. The van der Waals surface area contributed by atoms with Crippen molar-refractivity contribution in [1.29, 1.82) is 0 Å². The molecular weight excluding hydrogens is 346 g/mol. The van der Waals surface area contributed by atoms with Gasteiger partial charge >= 0.3 is 0 Å². The molecule has 1 aliphatic rings. The van der Waals surface area contributed by atoms with Crippen molar-refractivity contribution >= 4 is 15.7 Å². The number of piperidine rings is 1. The predicted octanol–water partition coefficient (Wildman–Crippen LogP) is 3.20. The van der Waals surface area contributed by atoms with E-state index in [1.54, 1.807) is 12.3 Å². The second-order valence-electron chi connectivity index (χ2n) is 7.20. The molecule has 2 heterocycles. The summed E-state index contributed by atoms with van der Waals surface area (Å²) in [5.74, 6) is 0.365. The molecule has 0 saturated carbocycles. The molecule has 0 atom stereocenters. The van der Waals surface area contributed by atoms with Crippen molar-refractivity contribution in [3.63, 3.8) is 0 Å². The van der Waals surface area contributed by atoms with Crippen LogP contribution in [-0.2, 0) is 10.0 Å². The molecule has 140 valence electrons. The average molecular weight is 374 g/mol. The third-order valence-electron chi connectivity index (χ3n) is 5.27. The average Bonchev–Trinajstić information content (AvgIpc) is 2.64. The maximum atomic E-state index is 12.7. The Labute approximate surface area is 156 Å². The Bertz CT molecular complexity index is 858. The van der Waals surface area contributed by atoms with E-state index in [1.807, 2.05) is 39.1 Å². The molecule has 3 rings (SSSR count). The van der Waals surface area contributed by atoms with Crippen LogP contribution in [-0.4, -0.2) is 33.0 Å². The summed E-state index contributed by atoms with van der Waals surface area (Å²) in [5, 5.41) is 0. The minimum Gasteiger partial charge on any atom is -0.370 e. The maximum Gasteiger partial charge on any atom is 0.240 e. The van der Waals surface area contributed by atoms with Crippen LogP contribution in [0.2, 0.25) is 0 Å². The zero-order valence-electron chi connectivity index (χ0n) is 15.7. The Balaban J connectivity index is 1.59. The Kier molecular flexibility index (Phi) is 5.63. The summed E-state index contributed by atoms with van der Waals surface area (Å²) >= 11 is 0. The molecule has 1 aliphatic heterocycles. The van der Waals surface area contributed by atoms with Crippen molar-refractivity contribution in [3.8, 4) is 0 Å². The van der Waals surface area contributed by atoms with Crippen LogP contribution in [0.4, 0.5) is 5.69 Å². The van der Waals surface area contributed by atoms with E-state index < -0.39 is 10.0 Å². The van der Waals surface area contributed by atoms with Crippen molar-refractivity contribution in [1.82, 2.24) is 9.71 Å². The number of pyridine rings is 1. The highest BCUT2D eigenvalue weighted by Crippen LogP contribution is 2.23. The van der Waals surface area contributed by atoms with Crippen LogP contribution in [0.15, 0.2) is 41.6 Å². The van der Waals surface area contributed by atoms with Gasteiger partial charge in [-0.25, -0.2) is 13.1 Å². The van der Waals surface area contributed by atoms with E-state index in [0.717, 1.165) is 48.3 Å². The second kappa shape index (κ2) is 7.76. The quantitative estimate of drug-likeness (QED) is 0.874. The first-order valence-electron chi connectivity index (χ1n) is 9.09. The minimum absolute atomic E-state index is 0.365. The van der Waals surface area contributed by atoms with Gasteiger partial charge in [0.05, 0.1) is 16.8 Å². The highest BCUT2D eigenvalue weighted by Gasteiger charge is 2.23. The molecular formula is C20H27N3O2S. The van der Waals surface area contributed by atoms with Gasteiger partial charge in [0.25, 0.3) is 0 Å². The summed E-state index contributed by atoms with van der Waals surface area (Å²) in [6, 6.07) is 7.73. The summed E-state index contributed by atoms with van der Waals surface area (Å²) in [4.78, 5) is 6.88. The molecule has 0 spiro atoms. The Morgan fingerprint density at radius 1 is 1.12 bits per heavy atom. The third kappa shape index (κ3) is 4.24. The van der Waals surface area contributed by atoms with E-state index in [-0.39, 0.29) is 0 Å². The normalized spacial score (nSPS) is 16.0. The molecule has 0 unspecified atom stereocenters. The Morgan fingerprint density at radius 2 is 1.81 bits per heavy atom. The van der Waals surface area contributed by atoms with Gasteiger partial charge in [0.1, 0.15) is 0 Å². The van der Waals surface area contributed by atoms with E-state index in [2.05, 4.69) is 20.7 Å². The molecule has 2 aromatic rings. The van der Waals surface area contributed by atoms with E-state index in [0.29, 0.717) is 17.4 Å². The molecule has 26 heavy (non-hydrogen) atoms. The van der Waals surface area contributed by atoms with Crippen LogP contribution >= 0.6 is 0 Å². The van der Waals surface area contributed by atoms with Gasteiger partial charge in [-0.15, -0.1) is 0 Å². The number of aromatic nitrogens is 1. The minimum atomic E-state index is -3.47. The molecule has 5 nitrogen and oxygen atoms in total. The fourth-order valence-corrected chi connectivity index (χ4v) is 4.89. The summed E-state index contributed by atoms with van der Waals surface area (Å²) in [6.45, 7) is 8.16. The van der Waals surface area contributed by atoms with Crippen molar-refractivity contribution in [2.75, 3.05) is 24.5 Å². The van der Waals surface area contributed by atoms with Crippen molar-refractivity contribution in [2.45, 2.75) is 38.5 Å². The SMILES string of the molecule is Cc1cc(C)c(S(=O)(=O)NCC2CCN(c3cccnc3)CC2)cc1C. The highest BCUT2D eigenvalue weighted by molar-refractivity contribution is 7.89. The summed E-state index contributed by atoms with van der Waals surface area (Å²) < 4.78 is 28.3. The van der Waals surface area contributed by atoms with Gasteiger partial charge in [0.2, 0.25) is 10.0 Å². The lowest BCUT2D eigenvalue weighted by Crippen LogP contribution is -2.38. The van der Waals surface area contributed by atoms with Gasteiger partial charge in [-0.1, -0.05) is 6.07 Å². The van der Waals surface area contributed by atoms with E-state index >= 15 is 0 Å². The molecule has 1 saturated heterocycles. The lowest BCUT2D eigenvalue weighted by atomic mass is 9.97. The van der Waals surface area contributed by atoms with Crippen molar-refractivity contribution in [3.05, 3.63) is 53.3 Å². The lowest BCUT2D eigenvalue weighted by molar-refractivity contribution is 0.402. The fraction of sp³-hybridized carbons (Fsp3) is 0.450. The Hall–Kier alpha value is -1.92. The van der Waals surface area contributed by atoms with Crippen LogP contribution < -0.4 is 9.62 Å². The van der Waals surface area contributed by atoms with E-state index in [1.165, 1.54) is 0 Å². The molecule has 1 N–H and O–H groups in total. The first kappa shape index (κ1) is 18.9. The zero-order chi connectivity index (χ0) is 18.7. The number of aryl methyl sites for hydroxylation is 3. The van der Waals surface area contributed by atoms with Crippen LogP contribution in [0.25, 0.3) is 0 Å². The molecule has 1 aromatic carbocycles. The van der Waals surface area contributed by atoms with E-state index in [4.69, 9.17) is 0 Å². The number of anilines is 1. The topological polar surface area (TPSA) is 62.3 Å². The summed E-state index contributed by atoms with van der Waals surface area (Å²) in [6.07, 6.45) is 5.61. The number of sulfonamides is 1. The molecule has 1 fully saturated rings. The summed E-state index contributed by atoms with van der Waals surface area (Å²) in [5.41, 5.74) is 4.05. The smallest absolute Gasteiger partial charge is 0.240 e. The highest BCUT2D eigenvalue weighted by atomic mass is 32.2. The number of rotatable bonds is 5. The van der Waals surface area contributed by atoms with Gasteiger partial charge in [-0.05, 0) is 74.4 Å². The number of hydrogen-bond acceptors (Lipinski definition) is 4. The second-order valence-corrected chi connectivity index (χ2v) is 8.93. The van der Waals surface area contributed by atoms with E-state index in [9.17, 15) is 8.42 Å². The molecule has 1 aromatic heterocycles. The third-order valence-corrected chi connectivity index (χ3v) is 6.83. The largest absolute Gasteiger partial charge is 0.370 e. The molecule has 0 radical (unpaired) electrons. The monoisotopic (exact) mass is 373 g/mol. The fourth-order valence-electron chi connectivity index (χ4n) is 3.46. The van der Waals surface area contributed by atoms with Gasteiger partial charge in [0, 0.05) is 25.8 Å². The van der Waals surface area contributed by atoms with Crippen LogP contribution in [0.3, 0.4) is 0 Å². The van der Waals surface area contributed by atoms with Crippen LogP contribution in [0.5, 0.6) is 0 Å². The van der Waals surface area contributed by atoms with Crippen molar-refractivity contribution in [2.24, 2.45) is 5.92 Å². The Morgan fingerprint density at radius 3 is 2.46 bits per heavy atom. The molecule has 0 bridgehead atoms. The van der Waals surface area contributed by atoms with Gasteiger partial charge in [0.15, 0.2) is 0 Å². The molecule has 0 amide bonds. The number of nitrogens with zero attached hydrogens (tertiary/aromatic N) is 2. The van der Waals surface area contributed by atoms with Gasteiger partial charge in [-0.2, -0.15) is 0 Å². The first-order chi connectivity index (χ1) is 12.4. The lowest BCUT2D eigenvalue weighted by Gasteiger charge is -2.33. The van der Waals surface area contributed by atoms with Crippen LogP contribution in [0, 0.1) is 26.7 Å².